The van der Waals surface area contributed by atoms with E-state index in [1.165, 1.54) is 7.11 Å². The summed E-state index contributed by atoms with van der Waals surface area (Å²) in [6.45, 7) is 3.44. The van der Waals surface area contributed by atoms with Crippen molar-refractivity contribution in [2.75, 3.05) is 27.4 Å². The van der Waals surface area contributed by atoms with E-state index in [1.54, 1.807) is 19.2 Å². The zero-order valence-electron chi connectivity index (χ0n) is 13.0. The fourth-order valence-electron chi connectivity index (χ4n) is 3.15. The van der Waals surface area contributed by atoms with E-state index in [0.29, 0.717) is 18.2 Å². The SMILES string of the molecule is CCCC1(COC)CCCN1C(=O)c1ccc(OC)nn1. The molecule has 0 aliphatic carbocycles. The number of ether oxygens (including phenoxy) is 2. The molecule has 1 aromatic rings. The van der Waals surface area contributed by atoms with Crippen LogP contribution in [0.5, 0.6) is 5.88 Å². The minimum absolute atomic E-state index is 0.0758. The minimum atomic E-state index is -0.206. The molecule has 2 heterocycles. The van der Waals surface area contributed by atoms with Gasteiger partial charge in [-0.15, -0.1) is 10.2 Å². The molecule has 1 aliphatic rings. The number of rotatable bonds is 6. The van der Waals surface area contributed by atoms with Crippen molar-refractivity contribution < 1.29 is 14.3 Å². The fraction of sp³-hybridized carbons (Fsp3) is 0.667. The van der Waals surface area contributed by atoms with Crippen LogP contribution in [0.1, 0.15) is 43.1 Å². The highest BCUT2D eigenvalue weighted by Crippen LogP contribution is 2.35. The van der Waals surface area contributed by atoms with Crippen LogP contribution in [0.4, 0.5) is 0 Å². The molecule has 0 saturated carbocycles. The smallest absolute Gasteiger partial charge is 0.274 e. The number of aromatic nitrogens is 2. The highest BCUT2D eigenvalue weighted by molar-refractivity contribution is 5.93. The lowest BCUT2D eigenvalue weighted by Crippen LogP contribution is -2.50. The number of likely N-dealkylation sites (tertiary alicyclic amines) is 1. The molecule has 1 aliphatic heterocycles. The Morgan fingerprint density at radius 1 is 1.38 bits per heavy atom. The molecule has 2 rings (SSSR count). The molecule has 0 radical (unpaired) electrons. The highest BCUT2D eigenvalue weighted by atomic mass is 16.5. The predicted molar refractivity (Wildman–Crippen MR) is 78.4 cm³/mol. The van der Waals surface area contributed by atoms with Gasteiger partial charge < -0.3 is 14.4 Å². The van der Waals surface area contributed by atoms with Crippen LogP contribution in [-0.4, -0.2) is 53.9 Å². The van der Waals surface area contributed by atoms with E-state index in [4.69, 9.17) is 9.47 Å². The Balaban J connectivity index is 2.22. The Labute approximate surface area is 125 Å². The van der Waals surface area contributed by atoms with Gasteiger partial charge in [-0.05, 0) is 25.3 Å². The molecule has 1 fully saturated rings. The zero-order chi connectivity index (χ0) is 15.3. The van der Waals surface area contributed by atoms with Gasteiger partial charge in [0.1, 0.15) is 0 Å². The number of amides is 1. The van der Waals surface area contributed by atoms with Crippen molar-refractivity contribution in [1.29, 1.82) is 0 Å². The maximum absolute atomic E-state index is 12.7. The van der Waals surface area contributed by atoms with Gasteiger partial charge in [-0.3, -0.25) is 4.79 Å². The van der Waals surface area contributed by atoms with Crippen molar-refractivity contribution in [1.82, 2.24) is 15.1 Å². The van der Waals surface area contributed by atoms with E-state index in [-0.39, 0.29) is 11.4 Å². The van der Waals surface area contributed by atoms with E-state index >= 15 is 0 Å². The number of carbonyl (C=O) groups excluding carboxylic acids is 1. The first-order chi connectivity index (χ1) is 10.2. The van der Waals surface area contributed by atoms with Crippen LogP contribution < -0.4 is 4.74 Å². The van der Waals surface area contributed by atoms with E-state index in [0.717, 1.165) is 32.2 Å². The number of methoxy groups -OCH3 is 2. The molecule has 1 unspecified atom stereocenters. The lowest BCUT2D eigenvalue weighted by Gasteiger charge is -2.37. The molecule has 0 aromatic carbocycles. The van der Waals surface area contributed by atoms with Gasteiger partial charge in [0.25, 0.3) is 5.91 Å². The molecule has 0 spiro atoms. The Hall–Kier alpha value is -1.69. The lowest BCUT2D eigenvalue weighted by atomic mass is 9.91. The molecular formula is C15H23N3O3. The summed E-state index contributed by atoms with van der Waals surface area (Å²) in [4.78, 5) is 14.7. The van der Waals surface area contributed by atoms with E-state index in [1.807, 2.05) is 4.90 Å². The summed E-state index contributed by atoms with van der Waals surface area (Å²) < 4.78 is 10.4. The van der Waals surface area contributed by atoms with Crippen LogP contribution in [0.15, 0.2) is 12.1 Å². The van der Waals surface area contributed by atoms with E-state index in [2.05, 4.69) is 17.1 Å². The highest BCUT2D eigenvalue weighted by Gasteiger charge is 2.43. The first kappa shape index (κ1) is 15.7. The van der Waals surface area contributed by atoms with Gasteiger partial charge in [0.05, 0.1) is 19.3 Å². The molecule has 0 bridgehead atoms. The van der Waals surface area contributed by atoms with Crippen LogP contribution in [0.3, 0.4) is 0 Å². The van der Waals surface area contributed by atoms with Crippen molar-refractivity contribution in [2.24, 2.45) is 0 Å². The average molecular weight is 293 g/mol. The lowest BCUT2D eigenvalue weighted by molar-refractivity contribution is 0.0249. The second kappa shape index (κ2) is 6.85. The molecule has 116 valence electrons. The minimum Gasteiger partial charge on any atom is -0.480 e. The summed E-state index contributed by atoms with van der Waals surface area (Å²) in [5, 5.41) is 7.85. The maximum atomic E-state index is 12.7. The van der Waals surface area contributed by atoms with Gasteiger partial charge >= 0.3 is 0 Å². The molecule has 0 N–H and O–H groups in total. The molecule has 6 nitrogen and oxygen atoms in total. The first-order valence-corrected chi connectivity index (χ1v) is 7.35. The van der Waals surface area contributed by atoms with Crippen molar-refractivity contribution in [3.05, 3.63) is 17.8 Å². The Morgan fingerprint density at radius 3 is 2.76 bits per heavy atom. The van der Waals surface area contributed by atoms with E-state index < -0.39 is 0 Å². The van der Waals surface area contributed by atoms with Gasteiger partial charge in [-0.1, -0.05) is 13.3 Å². The number of hydrogen-bond acceptors (Lipinski definition) is 5. The summed E-state index contributed by atoms with van der Waals surface area (Å²) >= 11 is 0. The molecule has 1 amide bonds. The summed E-state index contributed by atoms with van der Waals surface area (Å²) in [7, 11) is 3.21. The summed E-state index contributed by atoms with van der Waals surface area (Å²) in [5.41, 5.74) is 0.150. The van der Waals surface area contributed by atoms with Crippen LogP contribution in [0.25, 0.3) is 0 Å². The van der Waals surface area contributed by atoms with Gasteiger partial charge in [0.2, 0.25) is 5.88 Å². The second-order valence-electron chi connectivity index (χ2n) is 5.43. The first-order valence-electron chi connectivity index (χ1n) is 7.35. The van der Waals surface area contributed by atoms with Gasteiger partial charge in [-0.25, -0.2) is 0 Å². The van der Waals surface area contributed by atoms with Crippen LogP contribution in [-0.2, 0) is 4.74 Å². The summed E-state index contributed by atoms with van der Waals surface area (Å²) in [5.74, 6) is 0.331. The molecule has 21 heavy (non-hydrogen) atoms. The number of nitrogens with zero attached hydrogens (tertiary/aromatic N) is 3. The topological polar surface area (TPSA) is 64.5 Å². The van der Waals surface area contributed by atoms with Gasteiger partial charge in [-0.2, -0.15) is 0 Å². The molecule has 1 atom stereocenters. The Kier molecular flexibility index (Phi) is 5.12. The van der Waals surface area contributed by atoms with Crippen LogP contribution >= 0.6 is 0 Å². The monoisotopic (exact) mass is 293 g/mol. The molecule has 6 heteroatoms. The predicted octanol–water partition coefficient (Wildman–Crippen LogP) is 1.91. The third-order valence-corrected chi connectivity index (χ3v) is 4.04. The van der Waals surface area contributed by atoms with Crippen molar-refractivity contribution in [3.8, 4) is 5.88 Å². The van der Waals surface area contributed by atoms with Crippen LogP contribution in [0, 0.1) is 0 Å². The average Bonchev–Trinajstić information content (AvgIpc) is 2.91. The Morgan fingerprint density at radius 2 is 2.19 bits per heavy atom. The third-order valence-electron chi connectivity index (χ3n) is 4.04. The standard InChI is InChI=1S/C15H23N3O3/c1-4-8-15(11-20-2)9-5-10-18(15)14(19)12-6-7-13(21-3)17-16-12/h6-7H,4-5,8-11H2,1-3H3. The summed E-state index contributed by atoms with van der Waals surface area (Å²) in [6.07, 6.45) is 3.93. The van der Waals surface area contributed by atoms with Crippen molar-refractivity contribution in [3.63, 3.8) is 0 Å². The molecule has 1 saturated heterocycles. The molecular weight excluding hydrogens is 270 g/mol. The number of hydrogen-bond donors (Lipinski definition) is 0. The summed E-state index contributed by atoms with van der Waals surface area (Å²) in [6, 6.07) is 3.32. The van der Waals surface area contributed by atoms with Crippen LogP contribution in [0.2, 0.25) is 0 Å². The normalized spacial score (nSPS) is 21.6. The fourth-order valence-corrected chi connectivity index (χ4v) is 3.15. The van der Waals surface area contributed by atoms with Gasteiger partial charge in [0, 0.05) is 19.7 Å². The molecule has 1 aromatic heterocycles. The quantitative estimate of drug-likeness (QED) is 0.801. The maximum Gasteiger partial charge on any atom is 0.274 e. The Bertz CT molecular complexity index is 470. The van der Waals surface area contributed by atoms with Crippen molar-refractivity contribution in [2.45, 2.75) is 38.1 Å². The third kappa shape index (κ3) is 3.15. The van der Waals surface area contributed by atoms with Gasteiger partial charge in [0.15, 0.2) is 5.69 Å². The largest absolute Gasteiger partial charge is 0.480 e. The number of carbonyl (C=O) groups is 1. The zero-order valence-corrected chi connectivity index (χ0v) is 13.0. The second-order valence-corrected chi connectivity index (χ2v) is 5.43. The van der Waals surface area contributed by atoms with E-state index in [9.17, 15) is 4.79 Å². The van der Waals surface area contributed by atoms with Crippen molar-refractivity contribution >= 4 is 5.91 Å².